The van der Waals surface area contributed by atoms with Gasteiger partial charge in [0, 0.05) is 5.02 Å². The summed E-state index contributed by atoms with van der Waals surface area (Å²) in [4.78, 5) is 22.3. The van der Waals surface area contributed by atoms with Crippen molar-refractivity contribution in [1.29, 1.82) is 0 Å². The summed E-state index contributed by atoms with van der Waals surface area (Å²) in [7, 11) is 0. The highest BCUT2D eigenvalue weighted by Crippen LogP contribution is 2.25. The maximum absolute atomic E-state index is 11.3. The predicted octanol–water partition coefficient (Wildman–Crippen LogP) is 1.89. The summed E-state index contributed by atoms with van der Waals surface area (Å²) in [6, 6.07) is 3.25. The second-order valence-corrected chi connectivity index (χ2v) is 3.62. The molecule has 0 bridgehead atoms. The second-order valence-electron chi connectivity index (χ2n) is 3.19. The summed E-state index contributed by atoms with van der Waals surface area (Å²) in [6.45, 7) is 1.82. The summed E-state index contributed by atoms with van der Waals surface area (Å²) in [5.74, 6) is -1.12. The van der Waals surface area contributed by atoms with Crippen LogP contribution in [0.15, 0.2) is 12.1 Å². The van der Waals surface area contributed by atoms with E-state index in [0.717, 1.165) is 11.1 Å². The van der Waals surface area contributed by atoms with Gasteiger partial charge in [-0.05, 0) is 30.2 Å². The van der Waals surface area contributed by atoms with E-state index in [1.165, 1.54) is 6.07 Å². The topological polar surface area (TPSA) is 43.4 Å². The van der Waals surface area contributed by atoms with Gasteiger partial charge in [-0.2, -0.15) is 0 Å². The van der Waals surface area contributed by atoms with Crippen LogP contribution in [0.25, 0.3) is 0 Å². The number of fused-ring (bicyclic) bond motifs is 1. The quantitative estimate of drug-likeness (QED) is 0.485. The van der Waals surface area contributed by atoms with Crippen molar-refractivity contribution in [3.63, 3.8) is 0 Å². The number of halogens is 1. The van der Waals surface area contributed by atoms with Gasteiger partial charge in [0.15, 0.2) is 0 Å². The Morgan fingerprint density at radius 2 is 2.07 bits per heavy atom. The van der Waals surface area contributed by atoms with Crippen molar-refractivity contribution in [3.8, 4) is 0 Å². The van der Waals surface area contributed by atoms with E-state index >= 15 is 0 Å². The highest BCUT2D eigenvalue weighted by Gasteiger charge is 2.26. The molecule has 2 rings (SSSR count). The van der Waals surface area contributed by atoms with E-state index in [1.54, 1.807) is 6.07 Å². The van der Waals surface area contributed by atoms with E-state index in [9.17, 15) is 9.59 Å². The molecule has 0 saturated heterocycles. The Balaban J connectivity index is 2.64. The normalized spacial score (nSPS) is 15.0. The Labute approximate surface area is 85.6 Å². The summed E-state index contributed by atoms with van der Waals surface area (Å²) in [5, 5.41) is 0.479. The summed E-state index contributed by atoms with van der Waals surface area (Å²) in [6.07, 6.45) is 0.143. The maximum Gasteiger partial charge on any atom is 0.346 e. The summed E-state index contributed by atoms with van der Waals surface area (Å²) in [5.41, 5.74) is 1.96. The molecule has 0 aromatic heterocycles. The molecular formula is C10H7ClO3. The molecule has 14 heavy (non-hydrogen) atoms. The molecule has 0 N–H and O–H groups in total. The fraction of sp³-hybridized carbons (Fsp3) is 0.200. The molecule has 0 saturated carbocycles. The van der Waals surface area contributed by atoms with Crippen LogP contribution < -0.4 is 0 Å². The van der Waals surface area contributed by atoms with Crippen molar-refractivity contribution in [1.82, 2.24) is 0 Å². The van der Waals surface area contributed by atoms with Crippen LogP contribution in [0, 0.1) is 6.92 Å². The van der Waals surface area contributed by atoms with Crippen molar-refractivity contribution >= 4 is 23.5 Å². The molecule has 0 amide bonds. The smallest absolute Gasteiger partial charge is 0.346 e. The molecule has 0 fully saturated rings. The lowest BCUT2D eigenvalue weighted by molar-refractivity contribution is -0.137. The first-order valence-electron chi connectivity index (χ1n) is 4.12. The maximum atomic E-state index is 11.3. The molecule has 0 radical (unpaired) electrons. The molecule has 4 heteroatoms. The minimum atomic E-state index is -0.609. The zero-order valence-electron chi connectivity index (χ0n) is 7.46. The Hall–Kier alpha value is -1.35. The van der Waals surface area contributed by atoms with Crippen molar-refractivity contribution in [3.05, 3.63) is 33.8 Å². The summed E-state index contributed by atoms with van der Waals surface area (Å²) < 4.78 is 4.49. The monoisotopic (exact) mass is 210 g/mol. The third-order valence-corrected chi connectivity index (χ3v) is 2.40. The first kappa shape index (κ1) is 9.21. The van der Waals surface area contributed by atoms with Gasteiger partial charge < -0.3 is 4.74 Å². The standard InChI is InChI=1S/C10H7ClO3/c1-5-2-6(11)3-8-7(5)4-9(12)14-10(8)13/h2-3H,4H2,1H3. The van der Waals surface area contributed by atoms with Crippen LogP contribution >= 0.6 is 11.6 Å². The Morgan fingerprint density at radius 3 is 2.79 bits per heavy atom. The third kappa shape index (κ3) is 1.40. The van der Waals surface area contributed by atoms with E-state index in [0.29, 0.717) is 10.6 Å². The molecule has 1 aromatic carbocycles. The molecule has 0 spiro atoms. The number of hydrogen-bond donors (Lipinski definition) is 0. The van der Waals surface area contributed by atoms with Crippen molar-refractivity contribution in [2.24, 2.45) is 0 Å². The first-order chi connectivity index (χ1) is 6.58. The van der Waals surface area contributed by atoms with Crippen LogP contribution in [0.5, 0.6) is 0 Å². The number of rotatable bonds is 0. The lowest BCUT2D eigenvalue weighted by Gasteiger charge is -2.16. The van der Waals surface area contributed by atoms with Crippen molar-refractivity contribution < 1.29 is 14.3 Å². The van der Waals surface area contributed by atoms with Gasteiger partial charge in [-0.3, -0.25) is 4.79 Å². The number of benzene rings is 1. The largest absolute Gasteiger partial charge is 0.389 e. The molecule has 1 heterocycles. The number of cyclic esters (lactones) is 2. The second kappa shape index (κ2) is 3.10. The van der Waals surface area contributed by atoms with Crippen LogP contribution in [-0.2, 0) is 16.0 Å². The van der Waals surface area contributed by atoms with Gasteiger partial charge in [-0.25, -0.2) is 4.79 Å². The number of carbonyl (C=O) groups excluding carboxylic acids is 2. The first-order valence-corrected chi connectivity index (χ1v) is 4.50. The zero-order chi connectivity index (χ0) is 10.3. The van der Waals surface area contributed by atoms with E-state index in [2.05, 4.69) is 4.74 Å². The molecule has 0 aliphatic carbocycles. The average Bonchev–Trinajstić information content (AvgIpc) is 2.07. The average molecular weight is 211 g/mol. The molecule has 1 aliphatic heterocycles. The summed E-state index contributed by atoms with van der Waals surface area (Å²) >= 11 is 5.79. The van der Waals surface area contributed by atoms with E-state index in [-0.39, 0.29) is 6.42 Å². The van der Waals surface area contributed by atoms with Crippen molar-refractivity contribution in [2.75, 3.05) is 0 Å². The van der Waals surface area contributed by atoms with E-state index in [4.69, 9.17) is 11.6 Å². The fourth-order valence-corrected chi connectivity index (χ4v) is 1.80. The molecule has 72 valence electrons. The third-order valence-electron chi connectivity index (χ3n) is 2.19. The van der Waals surface area contributed by atoms with Gasteiger partial charge in [0.05, 0.1) is 12.0 Å². The minimum absolute atomic E-state index is 0.143. The number of esters is 2. The van der Waals surface area contributed by atoms with Crippen LogP contribution in [0.4, 0.5) is 0 Å². The van der Waals surface area contributed by atoms with E-state index in [1.807, 2.05) is 6.92 Å². The molecule has 3 nitrogen and oxygen atoms in total. The lowest BCUT2D eigenvalue weighted by Crippen LogP contribution is -2.23. The Morgan fingerprint density at radius 1 is 1.36 bits per heavy atom. The van der Waals surface area contributed by atoms with Crippen LogP contribution in [0.3, 0.4) is 0 Å². The Bertz CT molecular complexity index is 437. The number of hydrogen-bond acceptors (Lipinski definition) is 3. The number of ether oxygens (including phenoxy) is 1. The Kier molecular flexibility index (Phi) is 2.04. The lowest BCUT2D eigenvalue weighted by atomic mass is 9.97. The van der Waals surface area contributed by atoms with Crippen LogP contribution in [0.1, 0.15) is 21.5 Å². The molecule has 1 aromatic rings. The van der Waals surface area contributed by atoms with Gasteiger partial charge in [-0.1, -0.05) is 11.6 Å². The molecular weight excluding hydrogens is 204 g/mol. The highest BCUT2D eigenvalue weighted by molar-refractivity contribution is 6.31. The number of carbonyl (C=O) groups is 2. The fourth-order valence-electron chi connectivity index (χ4n) is 1.53. The van der Waals surface area contributed by atoms with Gasteiger partial charge in [-0.15, -0.1) is 0 Å². The molecule has 0 atom stereocenters. The highest BCUT2D eigenvalue weighted by atomic mass is 35.5. The van der Waals surface area contributed by atoms with Gasteiger partial charge in [0.2, 0.25) is 0 Å². The zero-order valence-corrected chi connectivity index (χ0v) is 8.22. The van der Waals surface area contributed by atoms with Gasteiger partial charge in [0.25, 0.3) is 0 Å². The molecule has 1 aliphatic rings. The van der Waals surface area contributed by atoms with Crippen LogP contribution in [0.2, 0.25) is 5.02 Å². The van der Waals surface area contributed by atoms with Gasteiger partial charge in [0.1, 0.15) is 0 Å². The SMILES string of the molecule is Cc1cc(Cl)cc2c1CC(=O)OC2=O. The minimum Gasteiger partial charge on any atom is -0.389 e. The van der Waals surface area contributed by atoms with E-state index < -0.39 is 11.9 Å². The predicted molar refractivity (Wildman–Crippen MR) is 50.3 cm³/mol. The molecule has 0 unspecified atom stereocenters. The van der Waals surface area contributed by atoms with Gasteiger partial charge >= 0.3 is 11.9 Å². The van der Waals surface area contributed by atoms with Crippen LogP contribution in [-0.4, -0.2) is 11.9 Å². The van der Waals surface area contributed by atoms with Crippen molar-refractivity contribution in [2.45, 2.75) is 13.3 Å². The number of aryl methyl sites for hydroxylation is 1.